The maximum atomic E-state index is 11.6. The summed E-state index contributed by atoms with van der Waals surface area (Å²) in [5.41, 5.74) is 0. The second kappa shape index (κ2) is 5.01. The summed E-state index contributed by atoms with van der Waals surface area (Å²) in [5.74, 6) is 1.64. The molecule has 0 radical (unpaired) electrons. The van der Waals surface area contributed by atoms with Gasteiger partial charge in [-0.05, 0) is 44.4 Å². The lowest BCUT2D eigenvalue weighted by molar-refractivity contribution is -0.151. The van der Waals surface area contributed by atoms with E-state index in [0.29, 0.717) is 18.4 Å². The van der Waals surface area contributed by atoms with Crippen LogP contribution < -0.4 is 0 Å². The van der Waals surface area contributed by atoms with E-state index in [0.717, 1.165) is 0 Å². The average molecular weight is 219 g/mol. The number of halogens is 1. The number of carbonyl (C=O) groups excluding carboxylic acids is 1. The molecule has 82 valence electrons. The van der Waals surface area contributed by atoms with E-state index in [2.05, 4.69) is 0 Å². The van der Waals surface area contributed by atoms with E-state index in [-0.39, 0.29) is 24.3 Å². The molecule has 2 aliphatic carbocycles. The van der Waals surface area contributed by atoms with Crippen LogP contribution in [-0.4, -0.2) is 12.6 Å². The fraction of sp³-hybridized carbons (Fsp3) is 0.909. The second-order valence-corrected chi connectivity index (χ2v) is 4.31. The summed E-state index contributed by atoms with van der Waals surface area (Å²) >= 11 is 0. The van der Waals surface area contributed by atoms with Gasteiger partial charge >= 0.3 is 5.97 Å². The molecule has 0 spiro atoms. The molecule has 0 N–H and O–H groups in total. The zero-order chi connectivity index (χ0) is 9.26. The summed E-state index contributed by atoms with van der Waals surface area (Å²) in [7, 11) is 0. The van der Waals surface area contributed by atoms with E-state index < -0.39 is 0 Å². The summed E-state index contributed by atoms with van der Waals surface area (Å²) in [4.78, 5) is 11.6. The number of carbonyl (C=O) groups is 1. The van der Waals surface area contributed by atoms with Crippen LogP contribution in [-0.2, 0) is 9.53 Å². The Bertz CT molecular complexity index is 189. The predicted molar refractivity (Wildman–Crippen MR) is 57.4 cm³/mol. The molecule has 2 nitrogen and oxygen atoms in total. The lowest BCUT2D eigenvalue weighted by Gasteiger charge is -2.27. The summed E-state index contributed by atoms with van der Waals surface area (Å²) < 4.78 is 5.12. The molecule has 0 saturated heterocycles. The van der Waals surface area contributed by atoms with Crippen molar-refractivity contribution >= 4 is 18.4 Å². The van der Waals surface area contributed by atoms with Gasteiger partial charge in [0.05, 0.1) is 12.5 Å². The Hall–Kier alpha value is -0.240. The standard InChI is InChI=1S/C11H18O2.ClH/c1-2-13-11(12)10-8-4-3-5-9(10)7-6-8;/h8-10H,2-7H2,1H3;1H. The molecule has 2 rings (SSSR count). The number of fused-ring (bicyclic) bond motifs is 2. The van der Waals surface area contributed by atoms with Crippen molar-refractivity contribution in [1.29, 1.82) is 0 Å². The maximum absolute atomic E-state index is 11.6. The van der Waals surface area contributed by atoms with Crippen LogP contribution in [0.5, 0.6) is 0 Å². The van der Waals surface area contributed by atoms with E-state index in [1.165, 1.54) is 32.1 Å². The molecule has 2 atom stereocenters. The minimum atomic E-state index is 0. The lowest BCUT2D eigenvalue weighted by Crippen LogP contribution is -2.29. The quantitative estimate of drug-likeness (QED) is 0.667. The Kier molecular flexibility index (Phi) is 4.24. The van der Waals surface area contributed by atoms with Crippen LogP contribution in [0, 0.1) is 17.8 Å². The molecule has 0 heterocycles. The van der Waals surface area contributed by atoms with Gasteiger partial charge in [0.2, 0.25) is 0 Å². The van der Waals surface area contributed by atoms with Gasteiger partial charge in [-0.3, -0.25) is 4.79 Å². The normalized spacial score (nSPS) is 34.8. The topological polar surface area (TPSA) is 26.3 Å². The van der Waals surface area contributed by atoms with Gasteiger partial charge in [-0.25, -0.2) is 0 Å². The van der Waals surface area contributed by atoms with Crippen LogP contribution in [0.3, 0.4) is 0 Å². The Morgan fingerprint density at radius 2 is 1.79 bits per heavy atom. The van der Waals surface area contributed by atoms with Gasteiger partial charge in [0.15, 0.2) is 0 Å². The van der Waals surface area contributed by atoms with E-state index in [9.17, 15) is 4.79 Å². The van der Waals surface area contributed by atoms with Crippen molar-refractivity contribution in [3.63, 3.8) is 0 Å². The summed E-state index contributed by atoms with van der Waals surface area (Å²) in [6, 6.07) is 0. The van der Waals surface area contributed by atoms with E-state index >= 15 is 0 Å². The Morgan fingerprint density at radius 3 is 2.29 bits per heavy atom. The smallest absolute Gasteiger partial charge is 0.309 e. The van der Waals surface area contributed by atoms with Gasteiger partial charge in [0.1, 0.15) is 0 Å². The zero-order valence-corrected chi connectivity index (χ0v) is 9.52. The first-order valence-electron chi connectivity index (χ1n) is 5.49. The number of esters is 1. The van der Waals surface area contributed by atoms with Crippen LogP contribution in [0.2, 0.25) is 0 Å². The SMILES string of the molecule is CCOC(=O)C1C2CCCC1CC2.Cl. The number of hydrogen-bond donors (Lipinski definition) is 0. The predicted octanol–water partition coefficient (Wildman–Crippen LogP) is 2.80. The van der Waals surface area contributed by atoms with Crippen LogP contribution in [0.15, 0.2) is 0 Å². The molecule has 2 saturated carbocycles. The number of hydrogen-bond acceptors (Lipinski definition) is 2. The first-order valence-corrected chi connectivity index (χ1v) is 5.49. The molecule has 2 unspecified atom stereocenters. The van der Waals surface area contributed by atoms with Crippen molar-refractivity contribution < 1.29 is 9.53 Å². The summed E-state index contributed by atoms with van der Waals surface area (Å²) in [6.45, 7) is 2.43. The van der Waals surface area contributed by atoms with Gasteiger partial charge in [-0.1, -0.05) is 6.42 Å². The van der Waals surface area contributed by atoms with Gasteiger partial charge in [-0.2, -0.15) is 0 Å². The molecule has 0 aromatic rings. The Balaban J connectivity index is 0.000000980. The molecule has 0 amide bonds. The highest BCUT2D eigenvalue weighted by molar-refractivity contribution is 5.85. The van der Waals surface area contributed by atoms with E-state index in [1.54, 1.807) is 0 Å². The van der Waals surface area contributed by atoms with Gasteiger partial charge in [0.25, 0.3) is 0 Å². The van der Waals surface area contributed by atoms with Crippen LogP contribution in [0.25, 0.3) is 0 Å². The number of ether oxygens (including phenoxy) is 1. The third kappa shape index (κ3) is 2.05. The van der Waals surface area contributed by atoms with E-state index in [4.69, 9.17) is 4.74 Å². The Morgan fingerprint density at radius 1 is 1.21 bits per heavy atom. The van der Waals surface area contributed by atoms with Crippen molar-refractivity contribution in [3.05, 3.63) is 0 Å². The van der Waals surface area contributed by atoms with Crippen molar-refractivity contribution in [2.45, 2.75) is 39.0 Å². The van der Waals surface area contributed by atoms with Crippen molar-refractivity contribution in [1.82, 2.24) is 0 Å². The van der Waals surface area contributed by atoms with Gasteiger partial charge in [-0.15, -0.1) is 12.4 Å². The molecular formula is C11H19ClO2. The summed E-state index contributed by atoms with van der Waals surface area (Å²) in [6.07, 6.45) is 6.34. The van der Waals surface area contributed by atoms with E-state index in [1.807, 2.05) is 6.92 Å². The molecule has 14 heavy (non-hydrogen) atoms. The molecule has 2 fully saturated rings. The average Bonchev–Trinajstić information content (AvgIpc) is 2.37. The first kappa shape index (κ1) is 11.8. The Labute approximate surface area is 91.8 Å². The largest absolute Gasteiger partial charge is 0.466 e. The molecule has 2 aliphatic rings. The third-order valence-corrected chi connectivity index (χ3v) is 3.63. The fourth-order valence-corrected chi connectivity index (χ4v) is 3.09. The lowest BCUT2D eigenvalue weighted by atomic mass is 9.79. The highest BCUT2D eigenvalue weighted by atomic mass is 35.5. The molecule has 3 heteroatoms. The molecule has 2 bridgehead atoms. The highest BCUT2D eigenvalue weighted by Crippen LogP contribution is 2.47. The molecule has 0 aromatic heterocycles. The minimum Gasteiger partial charge on any atom is -0.466 e. The highest BCUT2D eigenvalue weighted by Gasteiger charge is 2.43. The van der Waals surface area contributed by atoms with Crippen molar-refractivity contribution in [3.8, 4) is 0 Å². The number of rotatable bonds is 2. The minimum absolute atomic E-state index is 0. The van der Waals surface area contributed by atoms with Crippen molar-refractivity contribution in [2.24, 2.45) is 17.8 Å². The van der Waals surface area contributed by atoms with Gasteiger partial charge < -0.3 is 4.74 Å². The van der Waals surface area contributed by atoms with Crippen LogP contribution in [0.4, 0.5) is 0 Å². The molecular weight excluding hydrogens is 200 g/mol. The summed E-state index contributed by atoms with van der Waals surface area (Å²) in [5, 5.41) is 0. The van der Waals surface area contributed by atoms with Crippen LogP contribution >= 0.6 is 12.4 Å². The maximum Gasteiger partial charge on any atom is 0.309 e. The van der Waals surface area contributed by atoms with Gasteiger partial charge in [0, 0.05) is 0 Å². The van der Waals surface area contributed by atoms with Crippen molar-refractivity contribution in [2.75, 3.05) is 6.61 Å². The fourth-order valence-electron chi connectivity index (χ4n) is 3.09. The zero-order valence-electron chi connectivity index (χ0n) is 8.70. The van der Waals surface area contributed by atoms with Crippen LogP contribution in [0.1, 0.15) is 39.0 Å². The first-order chi connectivity index (χ1) is 6.33. The molecule has 0 aromatic carbocycles. The third-order valence-electron chi connectivity index (χ3n) is 3.63. The second-order valence-electron chi connectivity index (χ2n) is 4.31. The molecule has 0 aliphatic heterocycles. The monoisotopic (exact) mass is 218 g/mol.